The summed E-state index contributed by atoms with van der Waals surface area (Å²) in [6, 6.07) is 12.1. The second-order valence-electron chi connectivity index (χ2n) is 4.51. The lowest BCUT2D eigenvalue weighted by Gasteiger charge is -2.17. The topological polar surface area (TPSA) is 57.2 Å². The van der Waals surface area contributed by atoms with Crippen molar-refractivity contribution in [2.45, 2.75) is 16.6 Å². The van der Waals surface area contributed by atoms with Gasteiger partial charge in [0.25, 0.3) is 0 Å². The Kier molecular flexibility index (Phi) is 5.74. The number of Topliss-reactive ketones (excluding diaryl/α,β-unsaturated/α-hetero) is 1. The van der Waals surface area contributed by atoms with Crippen LogP contribution in [-0.4, -0.2) is 17.0 Å². The van der Waals surface area contributed by atoms with Gasteiger partial charge in [-0.3, -0.25) is 4.79 Å². The molecule has 0 bridgehead atoms. The molecular formula is C16H11BrFO3S-. The first kappa shape index (κ1) is 16.7. The zero-order chi connectivity index (χ0) is 16.1. The van der Waals surface area contributed by atoms with E-state index in [-0.39, 0.29) is 17.8 Å². The molecule has 22 heavy (non-hydrogen) atoms. The van der Waals surface area contributed by atoms with Crippen LogP contribution in [0.25, 0.3) is 0 Å². The lowest BCUT2D eigenvalue weighted by atomic mass is 10.1. The van der Waals surface area contributed by atoms with Crippen LogP contribution in [0.15, 0.2) is 57.9 Å². The molecule has 0 heterocycles. The quantitative estimate of drug-likeness (QED) is 0.569. The molecule has 0 saturated carbocycles. The molecule has 2 aromatic rings. The largest absolute Gasteiger partial charge is 0.549 e. The third-order valence-electron chi connectivity index (χ3n) is 2.89. The van der Waals surface area contributed by atoms with E-state index in [0.29, 0.717) is 0 Å². The predicted molar refractivity (Wildman–Crippen MR) is 84.1 cm³/mol. The number of benzene rings is 2. The van der Waals surface area contributed by atoms with Gasteiger partial charge in [0.2, 0.25) is 0 Å². The molecule has 0 aliphatic heterocycles. The van der Waals surface area contributed by atoms with E-state index in [1.165, 1.54) is 24.3 Å². The van der Waals surface area contributed by atoms with Gasteiger partial charge < -0.3 is 9.90 Å². The Labute approximate surface area is 139 Å². The van der Waals surface area contributed by atoms with E-state index in [4.69, 9.17) is 0 Å². The molecule has 0 radical (unpaired) electrons. The molecule has 0 aliphatic carbocycles. The van der Waals surface area contributed by atoms with E-state index in [2.05, 4.69) is 15.9 Å². The molecule has 0 unspecified atom stereocenters. The molecule has 114 valence electrons. The fourth-order valence-electron chi connectivity index (χ4n) is 1.77. The van der Waals surface area contributed by atoms with E-state index < -0.39 is 17.0 Å². The van der Waals surface area contributed by atoms with Crippen LogP contribution in [0.5, 0.6) is 0 Å². The van der Waals surface area contributed by atoms with Crippen LogP contribution in [0.2, 0.25) is 0 Å². The summed E-state index contributed by atoms with van der Waals surface area (Å²) in [5.74, 6) is -2.11. The van der Waals surface area contributed by atoms with Crippen molar-refractivity contribution in [1.82, 2.24) is 0 Å². The Morgan fingerprint density at radius 2 is 1.68 bits per heavy atom. The fraction of sp³-hybridized carbons (Fsp3) is 0.125. The summed E-state index contributed by atoms with van der Waals surface area (Å²) in [4.78, 5) is 24.0. The van der Waals surface area contributed by atoms with Crippen molar-refractivity contribution >= 4 is 39.4 Å². The number of thioether (sulfide) groups is 1. The van der Waals surface area contributed by atoms with Gasteiger partial charge in [-0.15, -0.1) is 11.8 Å². The highest BCUT2D eigenvalue weighted by molar-refractivity contribution is 9.10. The summed E-state index contributed by atoms with van der Waals surface area (Å²) in [5, 5.41) is 10.2. The average Bonchev–Trinajstić information content (AvgIpc) is 2.49. The molecular weight excluding hydrogens is 371 g/mol. The molecule has 0 saturated heterocycles. The summed E-state index contributed by atoms with van der Waals surface area (Å²) in [6.45, 7) is 0. The Morgan fingerprint density at radius 1 is 1.09 bits per heavy atom. The van der Waals surface area contributed by atoms with Crippen LogP contribution in [-0.2, 0) is 4.79 Å². The SMILES string of the molecule is O=C(C[C@H](Sc1ccc(Br)cc1)C(=O)[O-])c1ccc(F)cc1. The number of halogens is 2. The molecule has 0 fully saturated rings. The van der Waals surface area contributed by atoms with Gasteiger partial charge in [0.1, 0.15) is 5.82 Å². The average molecular weight is 382 g/mol. The zero-order valence-corrected chi connectivity index (χ0v) is 13.7. The molecule has 2 aromatic carbocycles. The normalized spacial score (nSPS) is 11.9. The first-order chi connectivity index (χ1) is 10.5. The third kappa shape index (κ3) is 4.68. The smallest absolute Gasteiger partial charge is 0.164 e. The molecule has 0 aliphatic rings. The number of carboxylic acid groups (broad SMARTS) is 1. The van der Waals surface area contributed by atoms with Gasteiger partial charge >= 0.3 is 0 Å². The van der Waals surface area contributed by atoms with E-state index >= 15 is 0 Å². The van der Waals surface area contributed by atoms with Crippen molar-refractivity contribution in [2.24, 2.45) is 0 Å². The van der Waals surface area contributed by atoms with Crippen molar-refractivity contribution in [3.8, 4) is 0 Å². The summed E-state index contributed by atoms with van der Waals surface area (Å²) < 4.78 is 13.7. The molecule has 1 atom stereocenters. The van der Waals surface area contributed by atoms with Crippen molar-refractivity contribution in [2.75, 3.05) is 0 Å². The Bertz CT molecular complexity index is 671. The second kappa shape index (κ2) is 7.56. The minimum absolute atomic E-state index is 0.214. The second-order valence-corrected chi connectivity index (χ2v) is 6.71. The third-order valence-corrected chi connectivity index (χ3v) is 4.61. The standard InChI is InChI=1S/C16H12BrFO3S/c17-11-3-7-13(8-4-11)22-15(16(20)21)9-14(19)10-1-5-12(18)6-2-10/h1-8,15H,9H2,(H,20,21)/p-1/t15-/m0/s1. The van der Waals surface area contributed by atoms with Gasteiger partial charge in [-0.25, -0.2) is 4.39 Å². The number of carbonyl (C=O) groups excluding carboxylic acids is 2. The predicted octanol–water partition coefficient (Wildman–Crippen LogP) is 3.07. The maximum absolute atomic E-state index is 12.8. The summed E-state index contributed by atoms with van der Waals surface area (Å²) in [7, 11) is 0. The molecule has 0 spiro atoms. The van der Waals surface area contributed by atoms with Gasteiger partial charge in [0, 0.05) is 21.4 Å². The Balaban J connectivity index is 2.08. The Hall–Kier alpha value is -1.66. The first-order valence-electron chi connectivity index (χ1n) is 6.37. The van der Waals surface area contributed by atoms with E-state index in [1.54, 1.807) is 24.3 Å². The first-order valence-corrected chi connectivity index (χ1v) is 8.05. The fourth-order valence-corrected chi connectivity index (χ4v) is 2.99. The van der Waals surface area contributed by atoms with Crippen molar-refractivity contribution < 1.29 is 19.1 Å². The minimum Gasteiger partial charge on any atom is -0.549 e. The van der Waals surface area contributed by atoms with Gasteiger partial charge in [-0.2, -0.15) is 0 Å². The Morgan fingerprint density at radius 3 is 2.23 bits per heavy atom. The molecule has 0 N–H and O–H groups in total. The van der Waals surface area contributed by atoms with Crippen molar-refractivity contribution in [3.05, 3.63) is 64.4 Å². The van der Waals surface area contributed by atoms with Gasteiger partial charge in [-0.1, -0.05) is 15.9 Å². The number of aliphatic carboxylic acids is 1. The van der Waals surface area contributed by atoms with Gasteiger partial charge in [0.05, 0.1) is 11.2 Å². The number of hydrogen-bond acceptors (Lipinski definition) is 4. The van der Waals surface area contributed by atoms with Crippen LogP contribution < -0.4 is 5.11 Å². The molecule has 0 aromatic heterocycles. The van der Waals surface area contributed by atoms with Gasteiger partial charge in [0.15, 0.2) is 5.78 Å². The highest BCUT2D eigenvalue weighted by atomic mass is 79.9. The number of carboxylic acids is 1. The van der Waals surface area contributed by atoms with E-state index in [0.717, 1.165) is 21.1 Å². The zero-order valence-electron chi connectivity index (χ0n) is 11.3. The number of ketones is 1. The highest BCUT2D eigenvalue weighted by Crippen LogP contribution is 2.27. The minimum atomic E-state index is -1.30. The number of hydrogen-bond donors (Lipinski definition) is 0. The van der Waals surface area contributed by atoms with Crippen molar-refractivity contribution in [3.63, 3.8) is 0 Å². The van der Waals surface area contributed by atoms with Gasteiger partial charge in [-0.05, 0) is 48.5 Å². The number of rotatable bonds is 6. The van der Waals surface area contributed by atoms with E-state index in [9.17, 15) is 19.1 Å². The van der Waals surface area contributed by atoms with Crippen molar-refractivity contribution in [1.29, 1.82) is 0 Å². The van der Waals surface area contributed by atoms with E-state index in [1.807, 2.05) is 0 Å². The highest BCUT2D eigenvalue weighted by Gasteiger charge is 2.18. The van der Waals surface area contributed by atoms with Crippen LogP contribution in [0.3, 0.4) is 0 Å². The van der Waals surface area contributed by atoms with Crippen LogP contribution in [0.1, 0.15) is 16.8 Å². The monoisotopic (exact) mass is 381 g/mol. The number of carbonyl (C=O) groups is 2. The molecule has 6 heteroatoms. The van der Waals surface area contributed by atoms with Crippen LogP contribution in [0, 0.1) is 5.82 Å². The molecule has 3 nitrogen and oxygen atoms in total. The summed E-state index contributed by atoms with van der Waals surface area (Å²) >= 11 is 4.35. The maximum Gasteiger partial charge on any atom is 0.164 e. The lowest BCUT2D eigenvalue weighted by molar-refractivity contribution is -0.304. The summed E-state index contributed by atoms with van der Waals surface area (Å²) in [6.07, 6.45) is -0.214. The van der Waals surface area contributed by atoms with Crippen LogP contribution in [0.4, 0.5) is 4.39 Å². The molecule has 2 rings (SSSR count). The van der Waals surface area contributed by atoms with Crippen LogP contribution >= 0.6 is 27.7 Å². The lowest BCUT2D eigenvalue weighted by Crippen LogP contribution is -2.35. The maximum atomic E-state index is 12.8. The summed E-state index contributed by atoms with van der Waals surface area (Å²) in [5.41, 5.74) is 0.282. The molecule has 0 amide bonds.